The summed E-state index contributed by atoms with van der Waals surface area (Å²) in [7, 11) is 0. The lowest BCUT2D eigenvalue weighted by Crippen LogP contribution is -2.54. The molecule has 2 amide bonds. The molecule has 0 unspecified atom stereocenters. The number of para-hydroxylation sites is 1. The van der Waals surface area contributed by atoms with Crippen molar-refractivity contribution >= 4 is 29.4 Å². The molecule has 8 rings (SSSR count). The molecule has 2 atom stereocenters. The standard InChI is InChI=1S/C34H28N2O3/c1-3-39-23-18-16-22(17-19-23)36-32(37)30-29-24-11-5-7-13-26(24)34(31(30)33(36)38,27-14-8-6-12-25(27)29)20-35-28-15-9-4-10-21(28)2/h4-20,29-31H,3H2,1-2H3/t29?,30-,31-,34?/m1/s1. The largest absolute Gasteiger partial charge is 0.494 e. The van der Waals surface area contributed by atoms with Crippen LogP contribution >= 0.6 is 0 Å². The van der Waals surface area contributed by atoms with Crippen molar-refractivity contribution in [1.82, 2.24) is 0 Å². The smallest absolute Gasteiger partial charge is 0.239 e. The van der Waals surface area contributed by atoms with Crippen LogP contribution in [0.1, 0.15) is 40.7 Å². The van der Waals surface area contributed by atoms with Gasteiger partial charge in [-0.3, -0.25) is 14.6 Å². The molecule has 0 saturated carbocycles. The fraction of sp³-hybridized carbons (Fsp3) is 0.206. The Balaban J connectivity index is 1.46. The average Bonchev–Trinajstić information content (AvgIpc) is 3.24. The lowest BCUT2D eigenvalue weighted by atomic mass is 9.47. The number of nitrogens with zero attached hydrogens (tertiary/aromatic N) is 2. The zero-order valence-corrected chi connectivity index (χ0v) is 21.9. The molecule has 0 radical (unpaired) electrons. The highest BCUT2D eigenvalue weighted by Gasteiger charge is 2.67. The van der Waals surface area contributed by atoms with Crippen molar-refractivity contribution in [2.24, 2.45) is 16.8 Å². The Morgan fingerprint density at radius 3 is 2.08 bits per heavy atom. The number of carbonyl (C=O) groups is 2. The Morgan fingerprint density at radius 1 is 0.821 bits per heavy atom. The molecule has 4 aromatic carbocycles. The summed E-state index contributed by atoms with van der Waals surface area (Å²) in [4.78, 5) is 35.2. The van der Waals surface area contributed by atoms with E-state index in [1.54, 1.807) is 12.1 Å². The molecule has 0 N–H and O–H groups in total. The van der Waals surface area contributed by atoms with E-state index in [9.17, 15) is 9.59 Å². The number of anilines is 1. The SMILES string of the molecule is CCOc1ccc(N2C(=O)[C@@H]3C4c5ccccc5C(C=Nc5ccccc5C)(c5ccccc54)[C@H]3C2=O)cc1. The topological polar surface area (TPSA) is 59.0 Å². The zero-order valence-electron chi connectivity index (χ0n) is 21.9. The van der Waals surface area contributed by atoms with Crippen molar-refractivity contribution in [3.63, 3.8) is 0 Å². The second kappa shape index (κ2) is 8.77. The molecular formula is C34H28N2O3. The van der Waals surface area contributed by atoms with Crippen LogP contribution in [-0.4, -0.2) is 24.6 Å². The molecule has 5 nitrogen and oxygen atoms in total. The van der Waals surface area contributed by atoms with Gasteiger partial charge in [0.15, 0.2) is 0 Å². The predicted molar refractivity (Wildman–Crippen MR) is 152 cm³/mol. The fourth-order valence-electron chi connectivity index (χ4n) is 7.04. The monoisotopic (exact) mass is 512 g/mol. The highest BCUT2D eigenvalue weighted by atomic mass is 16.5. The summed E-state index contributed by atoms with van der Waals surface area (Å²) < 4.78 is 5.59. The van der Waals surface area contributed by atoms with Crippen molar-refractivity contribution in [2.75, 3.05) is 11.5 Å². The second-order valence-corrected chi connectivity index (χ2v) is 10.5. The maximum Gasteiger partial charge on any atom is 0.239 e. The third-order valence-electron chi connectivity index (χ3n) is 8.61. The zero-order chi connectivity index (χ0) is 26.7. The van der Waals surface area contributed by atoms with Gasteiger partial charge in [-0.25, -0.2) is 4.90 Å². The Kier molecular flexibility index (Phi) is 5.31. The third kappa shape index (κ3) is 3.22. The summed E-state index contributed by atoms with van der Waals surface area (Å²) in [6.07, 6.45) is 1.95. The maximum atomic E-state index is 14.5. The van der Waals surface area contributed by atoms with Crippen molar-refractivity contribution in [2.45, 2.75) is 25.2 Å². The number of carbonyl (C=O) groups excluding carboxylic acids is 2. The fourth-order valence-corrected chi connectivity index (χ4v) is 7.04. The van der Waals surface area contributed by atoms with E-state index in [4.69, 9.17) is 9.73 Å². The number of ether oxygens (including phenoxy) is 1. The van der Waals surface area contributed by atoms with Gasteiger partial charge in [0.2, 0.25) is 11.8 Å². The highest BCUT2D eigenvalue weighted by molar-refractivity contribution is 6.25. The summed E-state index contributed by atoms with van der Waals surface area (Å²) in [5, 5.41) is 0. The van der Waals surface area contributed by atoms with E-state index in [2.05, 4.69) is 24.3 Å². The third-order valence-corrected chi connectivity index (χ3v) is 8.61. The first-order valence-electron chi connectivity index (χ1n) is 13.5. The van der Waals surface area contributed by atoms with Crippen LogP contribution in [-0.2, 0) is 15.0 Å². The van der Waals surface area contributed by atoms with Gasteiger partial charge in [0.1, 0.15) is 5.75 Å². The Morgan fingerprint density at radius 2 is 1.44 bits per heavy atom. The molecular weight excluding hydrogens is 484 g/mol. The number of hydrogen-bond acceptors (Lipinski definition) is 4. The highest BCUT2D eigenvalue weighted by Crippen LogP contribution is 2.63. The van der Waals surface area contributed by atoms with E-state index >= 15 is 0 Å². The van der Waals surface area contributed by atoms with E-state index in [1.165, 1.54) is 4.90 Å². The number of rotatable bonds is 5. The van der Waals surface area contributed by atoms with E-state index < -0.39 is 17.3 Å². The number of amides is 2. The summed E-state index contributed by atoms with van der Waals surface area (Å²) >= 11 is 0. The van der Waals surface area contributed by atoms with Gasteiger partial charge < -0.3 is 4.74 Å². The molecule has 1 fully saturated rings. The second-order valence-electron chi connectivity index (χ2n) is 10.5. The maximum absolute atomic E-state index is 14.5. The van der Waals surface area contributed by atoms with E-state index in [1.807, 2.05) is 80.7 Å². The number of imide groups is 1. The number of benzene rings is 4. The van der Waals surface area contributed by atoms with Gasteiger partial charge in [-0.1, -0.05) is 66.7 Å². The van der Waals surface area contributed by atoms with Gasteiger partial charge in [0, 0.05) is 12.1 Å². The van der Waals surface area contributed by atoms with Gasteiger partial charge in [0.05, 0.1) is 35.2 Å². The lowest BCUT2D eigenvalue weighted by molar-refractivity contribution is -0.122. The summed E-state index contributed by atoms with van der Waals surface area (Å²) in [6, 6.07) is 31.7. The van der Waals surface area contributed by atoms with Crippen LogP contribution in [0.15, 0.2) is 102 Å². The van der Waals surface area contributed by atoms with Crippen LogP contribution in [0.4, 0.5) is 11.4 Å². The number of hydrogen-bond donors (Lipinski definition) is 0. The summed E-state index contributed by atoms with van der Waals surface area (Å²) in [5.41, 5.74) is 5.92. The Labute approximate surface area is 227 Å². The van der Waals surface area contributed by atoms with Crippen molar-refractivity contribution in [3.05, 3.63) is 125 Å². The minimum Gasteiger partial charge on any atom is -0.494 e. The van der Waals surface area contributed by atoms with Crippen LogP contribution in [0.25, 0.3) is 0 Å². The van der Waals surface area contributed by atoms with Crippen LogP contribution in [0, 0.1) is 18.8 Å². The minimum absolute atomic E-state index is 0.156. The molecule has 39 heavy (non-hydrogen) atoms. The minimum atomic E-state index is -0.873. The van der Waals surface area contributed by atoms with Crippen LogP contribution in [0.5, 0.6) is 5.75 Å². The van der Waals surface area contributed by atoms with E-state index in [0.29, 0.717) is 18.0 Å². The first-order valence-corrected chi connectivity index (χ1v) is 13.5. The molecule has 0 spiro atoms. The molecule has 1 saturated heterocycles. The van der Waals surface area contributed by atoms with Gasteiger partial charge in [-0.15, -0.1) is 0 Å². The van der Waals surface area contributed by atoms with E-state index in [0.717, 1.165) is 33.5 Å². The van der Waals surface area contributed by atoms with Crippen LogP contribution < -0.4 is 9.64 Å². The molecule has 4 aliphatic rings. The Hall–Kier alpha value is -4.51. The van der Waals surface area contributed by atoms with Crippen molar-refractivity contribution < 1.29 is 14.3 Å². The summed E-state index contributed by atoms with van der Waals surface area (Å²) in [5.74, 6) is -0.938. The van der Waals surface area contributed by atoms with Gasteiger partial charge in [0.25, 0.3) is 0 Å². The first-order chi connectivity index (χ1) is 19.1. The predicted octanol–water partition coefficient (Wildman–Crippen LogP) is 6.35. The van der Waals surface area contributed by atoms with Crippen molar-refractivity contribution in [3.8, 4) is 5.75 Å². The first kappa shape index (κ1) is 23.6. The van der Waals surface area contributed by atoms with Crippen molar-refractivity contribution in [1.29, 1.82) is 0 Å². The lowest BCUT2D eigenvalue weighted by Gasteiger charge is -2.52. The van der Waals surface area contributed by atoms with Gasteiger partial charge in [-0.05, 0) is 72.0 Å². The van der Waals surface area contributed by atoms with Gasteiger partial charge >= 0.3 is 0 Å². The molecule has 1 aliphatic heterocycles. The average molecular weight is 513 g/mol. The molecule has 5 heteroatoms. The molecule has 1 heterocycles. The van der Waals surface area contributed by atoms with E-state index in [-0.39, 0.29) is 17.7 Å². The quantitative estimate of drug-likeness (QED) is 0.231. The summed E-state index contributed by atoms with van der Waals surface area (Å²) in [6.45, 7) is 4.51. The molecule has 4 aromatic rings. The molecule has 0 aromatic heterocycles. The molecule has 2 bridgehead atoms. The number of aryl methyl sites for hydroxylation is 1. The Bertz CT molecular complexity index is 1610. The van der Waals surface area contributed by atoms with Gasteiger partial charge in [-0.2, -0.15) is 0 Å². The van der Waals surface area contributed by atoms with Crippen LogP contribution in [0.2, 0.25) is 0 Å². The van der Waals surface area contributed by atoms with Crippen LogP contribution in [0.3, 0.4) is 0 Å². The number of aliphatic imine (C=N–C) groups is 1. The molecule has 3 aliphatic carbocycles. The molecule has 192 valence electrons. The normalized spacial score (nSPS) is 24.6.